The monoisotopic (exact) mass is 367 g/mol. The quantitative estimate of drug-likeness (QED) is 0.721. The summed E-state index contributed by atoms with van der Waals surface area (Å²) in [4.78, 5) is 11.5. The molecule has 136 valence electrons. The minimum atomic E-state index is -0.955. The summed E-state index contributed by atoms with van der Waals surface area (Å²) in [5.41, 5.74) is 6.67. The Bertz CT molecular complexity index is 957. The molecule has 1 aliphatic rings. The minimum Gasteiger partial charge on any atom is -0.371 e. The van der Waals surface area contributed by atoms with Crippen LogP contribution in [-0.4, -0.2) is 33.0 Å². The van der Waals surface area contributed by atoms with Gasteiger partial charge in [-0.1, -0.05) is 13.8 Å². The lowest BCUT2D eigenvalue weighted by atomic mass is 10.1. The summed E-state index contributed by atoms with van der Waals surface area (Å²) in [5, 5.41) is 0. The highest BCUT2D eigenvalue weighted by Gasteiger charge is 2.19. The minimum absolute atomic E-state index is 0.636. The zero-order chi connectivity index (χ0) is 18.1. The molecule has 1 aliphatic heterocycles. The van der Waals surface area contributed by atoms with Crippen LogP contribution in [0.2, 0.25) is 0 Å². The molecule has 4 nitrogen and oxygen atoms in total. The molecule has 0 amide bonds. The molecule has 1 aromatic carbocycles. The van der Waals surface area contributed by atoms with E-state index in [0.29, 0.717) is 5.75 Å². The second-order valence-electron chi connectivity index (χ2n) is 6.82. The van der Waals surface area contributed by atoms with Gasteiger partial charge in [-0.25, -0.2) is 0 Å². The van der Waals surface area contributed by atoms with Gasteiger partial charge in [-0.3, -0.25) is 9.19 Å². The number of anilines is 1. The molecular weight excluding hydrogens is 342 g/mol. The largest absolute Gasteiger partial charge is 0.371 e. The van der Waals surface area contributed by atoms with Crippen molar-refractivity contribution in [2.45, 2.75) is 38.0 Å². The SMILES string of the molecule is CCc1cnc2cc(-c3cc([S@](=O)CC)ccc3N3CCCC3)[nH]c2c1. The number of fused-ring (bicyclic) bond motifs is 1. The maximum atomic E-state index is 12.4. The van der Waals surface area contributed by atoms with E-state index in [2.05, 4.69) is 46.1 Å². The van der Waals surface area contributed by atoms with Gasteiger partial charge in [0.1, 0.15) is 0 Å². The van der Waals surface area contributed by atoms with Crippen molar-refractivity contribution in [3.05, 3.63) is 42.1 Å². The molecule has 1 saturated heterocycles. The predicted molar refractivity (Wildman–Crippen MR) is 109 cm³/mol. The van der Waals surface area contributed by atoms with E-state index in [4.69, 9.17) is 0 Å². The molecule has 0 saturated carbocycles. The summed E-state index contributed by atoms with van der Waals surface area (Å²) in [6.45, 7) is 6.27. The third-order valence-corrected chi connectivity index (χ3v) is 6.47. The van der Waals surface area contributed by atoms with Gasteiger partial charge in [-0.05, 0) is 55.2 Å². The number of nitrogens with zero attached hydrogens (tertiary/aromatic N) is 2. The highest BCUT2D eigenvalue weighted by atomic mass is 32.2. The van der Waals surface area contributed by atoms with Crippen LogP contribution in [0.15, 0.2) is 41.4 Å². The number of hydrogen-bond acceptors (Lipinski definition) is 3. The zero-order valence-electron chi connectivity index (χ0n) is 15.4. The van der Waals surface area contributed by atoms with Gasteiger partial charge in [0.05, 0.1) is 27.5 Å². The number of nitrogens with one attached hydrogen (secondary N) is 1. The van der Waals surface area contributed by atoms with Gasteiger partial charge in [0.25, 0.3) is 0 Å². The Hall–Kier alpha value is -2.14. The van der Waals surface area contributed by atoms with Crippen LogP contribution >= 0.6 is 0 Å². The molecule has 26 heavy (non-hydrogen) atoms. The molecule has 1 atom stereocenters. The summed E-state index contributed by atoms with van der Waals surface area (Å²) in [6.07, 6.45) is 5.39. The third kappa shape index (κ3) is 3.16. The van der Waals surface area contributed by atoms with E-state index in [1.54, 1.807) is 0 Å². The Kier molecular flexibility index (Phi) is 4.81. The first-order valence-electron chi connectivity index (χ1n) is 9.45. The average molecular weight is 368 g/mol. The van der Waals surface area contributed by atoms with Crippen molar-refractivity contribution in [1.82, 2.24) is 9.97 Å². The first-order valence-corrected chi connectivity index (χ1v) is 10.8. The Morgan fingerprint density at radius 2 is 1.96 bits per heavy atom. The van der Waals surface area contributed by atoms with Crippen LogP contribution in [0.1, 0.15) is 32.3 Å². The number of aromatic nitrogens is 2. The number of aryl methyl sites for hydroxylation is 1. The van der Waals surface area contributed by atoms with Gasteiger partial charge in [0, 0.05) is 41.2 Å². The summed E-state index contributed by atoms with van der Waals surface area (Å²) in [6, 6.07) is 10.5. The Labute approximate surface area is 157 Å². The highest BCUT2D eigenvalue weighted by Crippen LogP contribution is 2.35. The molecule has 1 fully saturated rings. The zero-order valence-corrected chi connectivity index (χ0v) is 16.2. The number of hydrogen-bond donors (Lipinski definition) is 1. The molecule has 0 bridgehead atoms. The van der Waals surface area contributed by atoms with Crippen LogP contribution in [-0.2, 0) is 17.2 Å². The van der Waals surface area contributed by atoms with Gasteiger partial charge in [-0.2, -0.15) is 0 Å². The normalized spacial score (nSPS) is 15.7. The highest BCUT2D eigenvalue weighted by molar-refractivity contribution is 7.85. The van der Waals surface area contributed by atoms with E-state index < -0.39 is 10.8 Å². The van der Waals surface area contributed by atoms with E-state index in [-0.39, 0.29) is 0 Å². The topological polar surface area (TPSA) is 49.0 Å². The number of aromatic amines is 1. The lowest BCUT2D eigenvalue weighted by Crippen LogP contribution is -2.18. The summed E-state index contributed by atoms with van der Waals surface area (Å²) < 4.78 is 12.4. The Balaban J connectivity index is 1.85. The summed E-state index contributed by atoms with van der Waals surface area (Å²) in [7, 11) is -0.955. The molecule has 0 aliphatic carbocycles. The average Bonchev–Trinajstić information content (AvgIpc) is 3.35. The van der Waals surface area contributed by atoms with Gasteiger partial charge < -0.3 is 9.88 Å². The number of H-pyrrole nitrogens is 1. The third-order valence-electron chi connectivity index (χ3n) is 5.16. The van der Waals surface area contributed by atoms with E-state index >= 15 is 0 Å². The maximum absolute atomic E-state index is 12.4. The molecule has 1 N–H and O–H groups in total. The molecule has 5 heteroatoms. The first kappa shape index (κ1) is 17.3. The van der Waals surface area contributed by atoms with E-state index in [1.165, 1.54) is 24.1 Å². The molecule has 2 aromatic heterocycles. The molecular formula is C21H25N3OS. The van der Waals surface area contributed by atoms with Crippen LogP contribution in [0.4, 0.5) is 5.69 Å². The molecule has 3 heterocycles. The summed E-state index contributed by atoms with van der Waals surface area (Å²) in [5.74, 6) is 0.636. The van der Waals surface area contributed by atoms with E-state index in [1.807, 2.05) is 19.2 Å². The predicted octanol–water partition coefficient (Wildman–Crippen LogP) is 4.52. The fraction of sp³-hybridized carbons (Fsp3) is 0.381. The number of rotatable bonds is 5. The number of benzene rings is 1. The van der Waals surface area contributed by atoms with Gasteiger partial charge >= 0.3 is 0 Å². The molecule has 4 rings (SSSR count). The van der Waals surface area contributed by atoms with Crippen molar-refractivity contribution in [3.8, 4) is 11.3 Å². The van der Waals surface area contributed by atoms with Crippen LogP contribution in [0, 0.1) is 0 Å². The fourth-order valence-corrected chi connectivity index (χ4v) is 4.47. The maximum Gasteiger partial charge on any atom is 0.0885 e. The Morgan fingerprint density at radius 1 is 1.15 bits per heavy atom. The van der Waals surface area contributed by atoms with E-state index in [0.717, 1.165) is 46.7 Å². The van der Waals surface area contributed by atoms with Crippen LogP contribution in [0.5, 0.6) is 0 Å². The van der Waals surface area contributed by atoms with E-state index in [9.17, 15) is 4.21 Å². The fourth-order valence-electron chi connectivity index (χ4n) is 3.66. The molecule has 0 unspecified atom stereocenters. The van der Waals surface area contributed by atoms with Gasteiger partial charge in [0.15, 0.2) is 0 Å². The van der Waals surface area contributed by atoms with Crippen molar-refractivity contribution >= 4 is 27.5 Å². The number of pyridine rings is 1. The lowest BCUT2D eigenvalue weighted by molar-refractivity contribution is 0.684. The van der Waals surface area contributed by atoms with Crippen molar-refractivity contribution < 1.29 is 4.21 Å². The smallest absolute Gasteiger partial charge is 0.0885 e. The van der Waals surface area contributed by atoms with Crippen molar-refractivity contribution in [3.63, 3.8) is 0 Å². The first-order chi connectivity index (χ1) is 12.7. The van der Waals surface area contributed by atoms with Crippen molar-refractivity contribution in [2.24, 2.45) is 0 Å². The van der Waals surface area contributed by atoms with Gasteiger partial charge in [-0.15, -0.1) is 0 Å². The van der Waals surface area contributed by atoms with Crippen LogP contribution in [0.25, 0.3) is 22.3 Å². The lowest BCUT2D eigenvalue weighted by Gasteiger charge is -2.21. The van der Waals surface area contributed by atoms with Crippen LogP contribution < -0.4 is 4.90 Å². The van der Waals surface area contributed by atoms with Crippen molar-refractivity contribution in [2.75, 3.05) is 23.7 Å². The molecule has 0 spiro atoms. The second kappa shape index (κ2) is 7.23. The Morgan fingerprint density at radius 3 is 2.69 bits per heavy atom. The molecule has 3 aromatic rings. The van der Waals surface area contributed by atoms with Crippen molar-refractivity contribution in [1.29, 1.82) is 0 Å². The second-order valence-corrected chi connectivity index (χ2v) is 8.56. The van der Waals surface area contributed by atoms with Gasteiger partial charge in [0.2, 0.25) is 0 Å². The van der Waals surface area contributed by atoms with Crippen LogP contribution in [0.3, 0.4) is 0 Å². The standard InChI is InChI=1S/C21H25N3OS/c1-3-15-11-20-19(22-14-15)13-18(23-20)17-12-16(26(25)4-2)7-8-21(17)24-9-5-6-10-24/h7-8,11-14,23H,3-6,9-10H2,1-2H3/t26-/m1/s1. The molecule has 0 radical (unpaired) electrons. The summed E-state index contributed by atoms with van der Waals surface area (Å²) >= 11 is 0.